The Hall–Kier alpha value is -1.64. The molecule has 0 aromatic carbocycles. The van der Waals surface area contributed by atoms with E-state index in [1.165, 1.54) is 5.56 Å². The molecule has 3 heteroatoms. The van der Waals surface area contributed by atoms with Crippen LogP contribution in [0.2, 0.25) is 0 Å². The van der Waals surface area contributed by atoms with Crippen molar-refractivity contribution in [2.24, 2.45) is 4.99 Å². The summed E-state index contributed by atoms with van der Waals surface area (Å²) in [5, 5.41) is 3.18. The molecule has 1 aromatic rings. The summed E-state index contributed by atoms with van der Waals surface area (Å²) in [6.45, 7) is 4.04. The van der Waals surface area contributed by atoms with Gasteiger partial charge in [0, 0.05) is 18.6 Å². The van der Waals surface area contributed by atoms with Crippen molar-refractivity contribution in [1.82, 2.24) is 10.3 Å². The summed E-state index contributed by atoms with van der Waals surface area (Å²) in [4.78, 5) is 8.66. The van der Waals surface area contributed by atoms with Gasteiger partial charge in [-0.2, -0.15) is 0 Å². The van der Waals surface area contributed by atoms with Crippen LogP contribution in [-0.2, 0) is 0 Å². The van der Waals surface area contributed by atoms with Gasteiger partial charge in [-0.15, -0.1) is 0 Å². The number of aliphatic imine (C=N–C) groups is 1. The van der Waals surface area contributed by atoms with Gasteiger partial charge >= 0.3 is 0 Å². The Labute approximate surface area is 83.6 Å². The minimum Gasteiger partial charge on any atom is -0.365 e. The SMILES string of the molecule is CC1=CNC(c2ccc(C)cn2)N=C1. The maximum atomic E-state index is 4.34. The molecule has 0 amide bonds. The number of nitrogens with one attached hydrogen (secondary N) is 1. The number of hydrogen-bond donors (Lipinski definition) is 1. The molecule has 0 radical (unpaired) electrons. The van der Waals surface area contributed by atoms with Crippen LogP contribution >= 0.6 is 0 Å². The number of allylic oxidation sites excluding steroid dienone is 1. The van der Waals surface area contributed by atoms with Gasteiger partial charge in [-0.1, -0.05) is 6.07 Å². The molecule has 1 N–H and O–H groups in total. The van der Waals surface area contributed by atoms with Crippen molar-refractivity contribution in [2.75, 3.05) is 0 Å². The van der Waals surface area contributed by atoms with E-state index in [9.17, 15) is 0 Å². The molecule has 14 heavy (non-hydrogen) atoms. The number of aromatic nitrogens is 1. The van der Waals surface area contributed by atoms with Crippen molar-refractivity contribution < 1.29 is 0 Å². The highest BCUT2D eigenvalue weighted by molar-refractivity contribution is 5.78. The first kappa shape index (κ1) is 8.94. The topological polar surface area (TPSA) is 37.3 Å². The first-order valence-corrected chi connectivity index (χ1v) is 4.64. The Morgan fingerprint density at radius 1 is 1.29 bits per heavy atom. The van der Waals surface area contributed by atoms with Crippen LogP contribution < -0.4 is 5.32 Å². The predicted molar refractivity (Wildman–Crippen MR) is 57.1 cm³/mol. The van der Waals surface area contributed by atoms with Gasteiger partial charge in [0.25, 0.3) is 0 Å². The van der Waals surface area contributed by atoms with Gasteiger partial charge in [0.1, 0.15) is 0 Å². The van der Waals surface area contributed by atoms with Gasteiger partial charge in [0.2, 0.25) is 0 Å². The Morgan fingerprint density at radius 3 is 2.71 bits per heavy atom. The van der Waals surface area contributed by atoms with Crippen LogP contribution in [0, 0.1) is 6.92 Å². The van der Waals surface area contributed by atoms with E-state index in [4.69, 9.17) is 0 Å². The molecule has 1 aromatic heterocycles. The molecular formula is C11H13N3. The zero-order valence-corrected chi connectivity index (χ0v) is 8.36. The zero-order valence-electron chi connectivity index (χ0n) is 8.36. The van der Waals surface area contributed by atoms with Crippen molar-refractivity contribution in [3.05, 3.63) is 41.4 Å². The van der Waals surface area contributed by atoms with E-state index in [-0.39, 0.29) is 6.17 Å². The number of aryl methyl sites for hydroxylation is 1. The highest BCUT2D eigenvalue weighted by Gasteiger charge is 2.10. The van der Waals surface area contributed by atoms with Gasteiger partial charge in [-0.3, -0.25) is 9.98 Å². The average molecular weight is 187 g/mol. The molecule has 2 rings (SSSR count). The molecule has 72 valence electrons. The Balaban J connectivity index is 2.18. The van der Waals surface area contributed by atoms with Crippen LogP contribution in [0.15, 0.2) is 35.1 Å². The molecule has 1 atom stereocenters. The molecule has 1 aliphatic rings. The first-order chi connectivity index (χ1) is 6.75. The van der Waals surface area contributed by atoms with Crippen molar-refractivity contribution in [3.63, 3.8) is 0 Å². The average Bonchev–Trinajstić information content (AvgIpc) is 2.21. The minimum atomic E-state index is -0.0284. The summed E-state index contributed by atoms with van der Waals surface area (Å²) < 4.78 is 0. The Morgan fingerprint density at radius 2 is 2.14 bits per heavy atom. The van der Waals surface area contributed by atoms with Crippen molar-refractivity contribution >= 4 is 6.21 Å². The maximum Gasteiger partial charge on any atom is 0.161 e. The monoisotopic (exact) mass is 187 g/mol. The third kappa shape index (κ3) is 1.82. The Kier molecular flexibility index (Phi) is 2.31. The lowest BCUT2D eigenvalue weighted by Gasteiger charge is -2.16. The van der Waals surface area contributed by atoms with Crippen molar-refractivity contribution in [2.45, 2.75) is 20.0 Å². The molecule has 0 bridgehead atoms. The second-order valence-corrected chi connectivity index (χ2v) is 3.50. The minimum absolute atomic E-state index is 0.0284. The molecule has 1 aliphatic heterocycles. The Bertz CT molecular complexity index is 376. The zero-order chi connectivity index (χ0) is 9.97. The van der Waals surface area contributed by atoms with Gasteiger partial charge in [-0.05, 0) is 31.1 Å². The molecule has 0 spiro atoms. The summed E-state index contributed by atoms with van der Waals surface area (Å²) in [5.74, 6) is 0. The van der Waals surface area contributed by atoms with Crippen LogP contribution in [0.5, 0.6) is 0 Å². The second kappa shape index (κ2) is 3.62. The smallest absolute Gasteiger partial charge is 0.161 e. The van der Waals surface area contributed by atoms with E-state index >= 15 is 0 Å². The number of hydrogen-bond acceptors (Lipinski definition) is 3. The van der Waals surface area contributed by atoms with Gasteiger partial charge in [-0.25, -0.2) is 0 Å². The standard InChI is InChI=1S/C11H13N3/c1-8-3-4-10(12-5-8)11-13-6-9(2)7-14-11/h3-7,11,13H,1-2H3. The summed E-state index contributed by atoms with van der Waals surface area (Å²) in [6, 6.07) is 4.05. The molecule has 0 aliphatic carbocycles. The fraction of sp³-hybridized carbons (Fsp3) is 0.273. The summed E-state index contributed by atoms with van der Waals surface area (Å²) >= 11 is 0. The number of rotatable bonds is 1. The number of nitrogens with zero attached hydrogens (tertiary/aromatic N) is 2. The molecule has 0 fully saturated rings. The van der Waals surface area contributed by atoms with Crippen LogP contribution in [0.25, 0.3) is 0 Å². The van der Waals surface area contributed by atoms with Crippen LogP contribution in [0.4, 0.5) is 0 Å². The molecule has 0 saturated carbocycles. The summed E-state index contributed by atoms with van der Waals surface area (Å²) in [6.07, 6.45) is 5.65. The quantitative estimate of drug-likeness (QED) is 0.729. The fourth-order valence-corrected chi connectivity index (χ4v) is 1.29. The van der Waals surface area contributed by atoms with E-state index in [0.29, 0.717) is 0 Å². The van der Waals surface area contributed by atoms with E-state index < -0.39 is 0 Å². The summed E-state index contributed by atoms with van der Waals surface area (Å²) in [7, 11) is 0. The van der Waals surface area contributed by atoms with E-state index in [0.717, 1.165) is 11.3 Å². The maximum absolute atomic E-state index is 4.34. The third-order valence-electron chi connectivity index (χ3n) is 2.11. The third-order valence-corrected chi connectivity index (χ3v) is 2.11. The lowest BCUT2D eigenvalue weighted by Crippen LogP contribution is -2.18. The second-order valence-electron chi connectivity index (χ2n) is 3.50. The van der Waals surface area contributed by atoms with E-state index in [1.54, 1.807) is 0 Å². The van der Waals surface area contributed by atoms with Gasteiger partial charge in [0.15, 0.2) is 6.17 Å². The highest BCUT2D eigenvalue weighted by atomic mass is 15.1. The predicted octanol–water partition coefficient (Wildman–Crippen LogP) is 1.97. The molecule has 3 nitrogen and oxygen atoms in total. The number of pyridine rings is 1. The molecule has 1 unspecified atom stereocenters. The molecule has 2 heterocycles. The lowest BCUT2D eigenvalue weighted by molar-refractivity contribution is 0.628. The van der Waals surface area contributed by atoms with Crippen LogP contribution in [0.1, 0.15) is 24.3 Å². The van der Waals surface area contributed by atoms with Crippen molar-refractivity contribution in [1.29, 1.82) is 0 Å². The van der Waals surface area contributed by atoms with Gasteiger partial charge < -0.3 is 5.32 Å². The summed E-state index contributed by atoms with van der Waals surface area (Å²) in [5.41, 5.74) is 3.25. The van der Waals surface area contributed by atoms with Crippen molar-refractivity contribution in [3.8, 4) is 0 Å². The van der Waals surface area contributed by atoms with Gasteiger partial charge in [0.05, 0.1) is 5.69 Å². The molecule has 0 saturated heterocycles. The van der Waals surface area contributed by atoms with E-state index in [1.807, 2.05) is 44.6 Å². The lowest BCUT2D eigenvalue weighted by atomic mass is 10.2. The van der Waals surface area contributed by atoms with E-state index in [2.05, 4.69) is 15.3 Å². The largest absolute Gasteiger partial charge is 0.365 e. The van der Waals surface area contributed by atoms with Crippen LogP contribution in [-0.4, -0.2) is 11.2 Å². The van der Waals surface area contributed by atoms with Crippen LogP contribution in [0.3, 0.4) is 0 Å². The first-order valence-electron chi connectivity index (χ1n) is 4.64. The highest BCUT2D eigenvalue weighted by Crippen LogP contribution is 2.14. The molecular weight excluding hydrogens is 174 g/mol. The fourth-order valence-electron chi connectivity index (χ4n) is 1.29. The normalized spacial score (nSPS) is 20.1.